The molecule has 0 aliphatic heterocycles. The van der Waals surface area contributed by atoms with Crippen molar-refractivity contribution >= 4 is 0 Å². The lowest BCUT2D eigenvalue weighted by molar-refractivity contribution is 0.226. The summed E-state index contributed by atoms with van der Waals surface area (Å²) in [7, 11) is 0. The molecule has 3 saturated carbocycles. The van der Waals surface area contributed by atoms with Crippen LogP contribution in [0.15, 0.2) is 12.7 Å². The van der Waals surface area contributed by atoms with Gasteiger partial charge in [-0.05, 0) is 61.7 Å². The molecule has 0 aromatic carbocycles. The molecule has 1 heteroatoms. The normalized spacial score (nSPS) is 39.2. The molecule has 3 fully saturated rings. The van der Waals surface area contributed by atoms with Crippen molar-refractivity contribution < 1.29 is 0 Å². The van der Waals surface area contributed by atoms with Crippen LogP contribution in [0.1, 0.15) is 51.9 Å². The van der Waals surface area contributed by atoms with Crippen LogP contribution in [0, 0.1) is 23.2 Å². The van der Waals surface area contributed by atoms with Gasteiger partial charge in [-0.2, -0.15) is 0 Å². The van der Waals surface area contributed by atoms with E-state index < -0.39 is 0 Å². The number of rotatable bonds is 6. The van der Waals surface area contributed by atoms with Crippen molar-refractivity contribution in [3.05, 3.63) is 12.7 Å². The Morgan fingerprint density at radius 1 is 1.24 bits per heavy atom. The maximum Gasteiger partial charge on any atom is 0.00685 e. The largest absolute Gasteiger partial charge is 0.313 e. The van der Waals surface area contributed by atoms with Gasteiger partial charge in [-0.1, -0.05) is 19.4 Å². The second-order valence-corrected chi connectivity index (χ2v) is 7.15. The lowest BCUT2D eigenvalue weighted by Gasteiger charge is -2.33. The number of hydrogen-bond acceptors (Lipinski definition) is 1. The van der Waals surface area contributed by atoms with Crippen molar-refractivity contribution in [3.8, 4) is 0 Å². The van der Waals surface area contributed by atoms with Crippen molar-refractivity contribution in [3.63, 3.8) is 0 Å². The molecule has 3 aliphatic carbocycles. The molecule has 2 bridgehead atoms. The smallest absolute Gasteiger partial charge is 0.00685 e. The van der Waals surface area contributed by atoms with Crippen molar-refractivity contribution in [2.45, 2.75) is 57.9 Å². The quantitative estimate of drug-likeness (QED) is 0.689. The molecule has 4 unspecified atom stereocenters. The summed E-state index contributed by atoms with van der Waals surface area (Å²) in [6, 6.07) is 0.828. The minimum atomic E-state index is 0.331. The zero-order valence-corrected chi connectivity index (χ0v) is 11.3. The van der Waals surface area contributed by atoms with E-state index in [1.807, 2.05) is 0 Å². The van der Waals surface area contributed by atoms with Gasteiger partial charge in [0.25, 0.3) is 0 Å². The Balaban J connectivity index is 1.54. The summed E-state index contributed by atoms with van der Waals surface area (Å²) < 4.78 is 0. The van der Waals surface area contributed by atoms with E-state index in [0.29, 0.717) is 5.41 Å². The van der Waals surface area contributed by atoms with E-state index in [1.165, 1.54) is 44.9 Å². The zero-order valence-electron chi connectivity index (χ0n) is 11.3. The molecule has 0 heterocycles. The maximum absolute atomic E-state index is 4.10. The van der Waals surface area contributed by atoms with E-state index in [0.717, 1.165) is 30.3 Å². The average Bonchev–Trinajstić information content (AvgIpc) is 2.95. The number of hydrogen-bond donors (Lipinski definition) is 1. The molecule has 1 nitrogen and oxygen atoms in total. The number of fused-ring (bicyclic) bond motifs is 2. The molecule has 1 N–H and O–H groups in total. The minimum Gasteiger partial charge on any atom is -0.313 e. The summed E-state index contributed by atoms with van der Waals surface area (Å²) in [6.07, 6.45) is 12.4. The maximum atomic E-state index is 4.10. The van der Waals surface area contributed by atoms with E-state index in [4.69, 9.17) is 0 Å². The fraction of sp³-hybridized carbons (Fsp3) is 0.875. The molecule has 0 radical (unpaired) electrons. The van der Waals surface area contributed by atoms with Crippen molar-refractivity contribution in [2.75, 3.05) is 6.54 Å². The van der Waals surface area contributed by atoms with Gasteiger partial charge in [0.05, 0.1) is 0 Å². The predicted octanol–water partition coefficient (Wildman–Crippen LogP) is 3.76. The Morgan fingerprint density at radius 3 is 2.59 bits per heavy atom. The van der Waals surface area contributed by atoms with E-state index in [9.17, 15) is 0 Å². The summed E-state index contributed by atoms with van der Waals surface area (Å²) in [4.78, 5) is 0. The third kappa shape index (κ3) is 2.59. The molecule has 0 aromatic heterocycles. The lowest BCUT2D eigenvalue weighted by Crippen LogP contribution is -2.34. The van der Waals surface area contributed by atoms with E-state index in [2.05, 4.69) is 24.9 Å². The molecular weight excluding hydrogens is 206 g/mol. The summed E-state index contributed by atoms with van der Waals surface area (Å²) in [5, 5.41) is 3.69. The lowest BCUT2D eigenvalue weighted by atomic mass is 9.75. The van der Waals surface area contributed by atoms with Crippen molar-refractivity contribution in [1.29, 1.82) is 0 Å². The van der Waals surface area contributed by atoms with Crippen molar-refractivity contribution in [1.82, 2.24) is 5.32 Å². The van der Waals surface area contributed by atoms with Crippen LogP contribution in [0.3, 0.4) is 0 Å². The fourth-order valence-corrected chi connectivity index (χ4v) is 4.12. The molecule has 4 atom stereocenters. The fourth-order valence-electron chi connectivity index (χ4n) is 4.12. The highest BCUT2D eigenvalue weighted by Gasteiger charge is 2.42. The molecule has 3 aliphatic rings. The minimum absolute atomic E-state index is 0.331. The van der Waals surface area contributed by atoms with Crippen LogP contribution in [-0.2, 0) is 0 Å². The second kappa shape index (κ2) is 4.42. The van der Waals surface area contributed by atoms with Crippen molar-refractivity contribution in [2.24, 2.45) is 23.2 Å². The summed E-state index contributed by atoms with van der Waals surface area (Å²) in [5.41, 5.74) is 0.331. The standard InChI is InChI=1S/C16H27N/c1-3-16(2,11-17-15-6-7-15)10-14-9-12-4-5-13(14)8-12/h3,12-15,17H,1,4-11H2,2H3. The van der Waals surface area contributed by atoms with Crippen LogP contribution >= 0.6 is 0 Å². The summed E-state index contributed by atoms with van der Waals surface area (Å²) >= 11 is 0. The van der Waals surface area contributed by atoms with Gasteiger partial charge < -0.3 is 5.32 Å². The van der Waals surface area contributed by atoms with Gasteiger partial charge in [-0.15, -0.1) is 6.58 Å². The Labute approximate surface area is 106 Å². The molecule has 0 spiro atoms. The zero-order chi connectivity index (χ0) is 11.9. The van der Waals surface area contributed by atoms with E-state index >= 15 is 0 Å². The molecule has 96 valence electrons. The second-order valence-electron chi connectivity index (χ2n) is 7.15. The van der Waals surface area contributed by atoms with Gasteiger partial charge in [-0.3, -0.25) is 0 Å². The van der Waals surface area contributed by atoms with Gasteiger partial charge in [0, 0.05) is 12.6 Å². The highest BCUT2D eigenvalue weighted by Crippen LogP contribution is 2.51. The Bertz CT molecular complexity index is 294. The molecule has 17 heavy (non-hydrogen) atoms. The molecular formula is C16H27N. The van der Waals surface area contributed by atoms with Crippen LogP contribution in [0.4, 0.5) is 0 Å². The highest BCUT2D eigenvalue weighted by atomic mass is 15.0. The summed E-state index contributed by atoms with van der Waals surface area (Å²) in [5.74, 6) is 3.13. The van der Waals surface area contributed by atoms with Gasteiger partial charge in [0.2, 0.25) is 0 Å². The van der Waals surface area contributed by atoms with Crippen LogP contribution in [0.5, 0.6) is 0 Å². The Kier molecular flexibility index (Phi) is 3.06. The predicted molar refractivity (Wildman–Crippen MR) is 72.9 cm³/mol. The van der Waals surface area contributed by atoms with Crippen LogP contribution in [0.2, 0.25) is 0 Å². The first-order valence-corrected chi connectivity index (χ1v) is 7.55. The van der Waals surface area contributed by atoms with Crippen LogP contribution in [0.25, 0.3) is 0 Å². The average molecular weight is 233 g/mol. The molecule has 3 rings (SSSR count). The van der Waals surface area contributed by atoms with Gasteiger partial charge in [-0.25, -0.2) is 0 Å². The Hall–Kier alpha value is -0.300. The molecule has 0 aromatic rings. The van der Waals surface area contributed by atoms with Crippen LogP contribution < -0.4 is 5.32 Å². The first kappa shape index (κ1) is 11.8. The van der Waals surface area contributed by atoms with E-state index in [1.54, 1.807) is 0 Å². The monoisotopic (exact) mass is 233 g/mol. The molecule has 0 amide bonds. The highest BCUT2D eigenvalue weighted by molar-refractivity contribution is 5.00. The first-order valence-electron chi connectivity index (χ1n) is 7.55. The van der Waals surface area contributed by atoms with Gasteiger partial charge in [0.15, 0.2) is 0 Å². The Morgan fingerprint density at radius 2 is 2.06 bits per heavy atom. The molecule has 0 saturated heterocycles. The van der Waals surface area contributed by atoms with Gasteiger partial charge in [0.1, 0.15) is 0 Å². The first-order chi connectivity index (χ1) is 8.18. The van der Waals surface area contributed by atoms with E-state index in [-0.39, 0.29) is 0 Å². The van der Waals surface area contributed by atoms with Crippen LogP contribution in [-0.4, -0.2) is 12.6 Å². The van der Waals surface area contributed by atoms with Gasteiger partial charge >= 0.3 is 0 Å². The summed E-state index contributed by atoms with van der Waals surface area (Å²) in [6.45, 7) is 7.65. The topological polar surface area (TPSA) is 12.0 Å². The number of nitrogens with one attached hydrogen (secondary N) is 1. The third-order valence-corrected chi connectivity index (χ3v) is 5.48. The third-order valence-electron chi connectivity index (χ3n) is 5.48. The SMILES string of the molecule is C=CC(C)(CNC1CC1)CC1CC2CCC1C2.